The first-order valence-electron chi connectivity index (χ1n) is 12.9. The zero-order valence-corrected chi connectivity index (χ0v) is 21.9. The maximum absolute atomic E-state index is 15.3. The Hall–Kier alpha value is -2.16. The Bertz CT molecular complexity index is 951. The van der Waals surface area contributed by atoms with Crippen LogP contribution in [0.3, 0.4) is 0 Å². The van der Waals surface area contributed by atoms with Gasteiger partial charge in [0, 0.05) is 18.5 Å². The van der Waals surface area contributed by atoms with Crippen LogP contribution in [0.25, 0.3) is 6.08 Å². The third kappa shape index (κ3) is 6.58. The van der Waals surface area contributed by atoms with E-state index in [1.807, 2.05) is 20.8 Å². The van der Waals surface area contributed by atoms with Crippen LogP contribution in [0, 0.1) is 17.3 Å². The number of ketones is 1. The number of aromatic nitrogens is 1. The van der Waals surface area contributed by atoms with Crippen LogP contribution in [-0.2, 0) is 19.1 Å². The van der Waals surface area contributed by atoms with Gasteiger partial charge in [-0.25, -0.2) is 4.39 Å². The van der Waals surface area contributed by atoms with Crippen molar-refractivity contribution >= 4 is 17.8 Å². The van der Waals surface area contributed by atoms with Crippen LogP contribution < -0.4 is 0 Å². The fraction of sp³-hybridized carbons (Fsp3) is 0.679. The Morgan fingerprint density at radius 1 is 1.25 bits per heavy atom. The molecule has 3 heterocycles. The number of cyclic esters (lactones) is 1. The van der Waals surface area contributed by atoms with E-state index in [1.165, 1.54) is 6.08 Å². The zero-order valence-electron chi connectivity index (χ0n) is 21.9. The molecule has 0 aromatic carbocycles. The van der Waals surface area contributed by atoms with Gasteiger partial charge in [0.1, 0.15) is 11.6 Å². The van der Waals surface area contributed by atoms with Crippen molar-refractivity contribution in [2.75, 3.05) is 0 Å². The molecule has 200 valence electrons. The molecule has 0 amide bonds. The molecule has 0 spiro atoms. The highest BCUT2D eigenvalue weighted by atomic mass is 19.1. The molecule has 0 aliphatic carbocycles. The molecule has 2 fully saturated rings. The number of nitrogens with zero attached hydrogens (tertiary/aromatic N) is 1. The Morgan fingerprint density at radius 3 is 2.61 bits per heavy atom. The molecule has 7 nitrogen and oxygen atoms in total. The average Bonchev–Trinajstić information content (AvgIpc) is 3.47. The number of ether oxygens (including phenoxy) is 2. The number of carbonyl (C=O) groups is 2. The average molecular weight is 506 g/mol. The summed E-state index contributed by atoms with van der Waals surface area (Å²) in [5.41, 5.74) is -1.38. The first-order chi connectivity index (χ1) is 16.9. The minimum absolute atomic E-state index is 0.128. The van der Waals surface area contributed by atoms with E-state index in [2.05, 4.69) is 4.98 Å². The third-order valence-electron chi connectivity index (χ3n) is 7.95. The van der Waals surface area contributed by atoms with E-state index < -0.39 is 53.5 Å². The van der Waals surface area contributed by atoms with Gasteiger partial charge in [0.25, 0.3) is 0 Å². The maximum atomic E-state index is 15.3. The predicted octanol–water partition coefficient (Wildman–Crippen LogP) is 4.40. The third-order valence-corrected chi connectivity index (χ3v) is 7.95. The van der Waals surface area contributed by atoms with Crippen molar-refractivity contribution in [2.45, 2.75) is 103 Å². The van der Waals surface area contributed by atoms with E-state index in [0.29, 0.717) is 25.0 Å². The molecule has 36 heavy (non-hydrogen) atoms. The Morgan fingerprint density at radius 2 is 1.97 bits per heavy atom. The molecule has 8 heteroatoms. The van der Waals surface area contributed by atoms with Gasteiger partial charge in [-0.3, -0.25) is 14.6 Å². The van der Waals surface area contributed by atoms with E-state index in [0.717, 1.165) is 6.42 Å². The summed E-state index contributed by atoms with van der Waals surface area (Å²) in [6.07, 6.45) is 1.31. The summed E-state index contributed by atoms with van der Waals surface area (Å²) in [6, 6.07) is 5.10. The van der Waals surface area contributed by atoms with E-state index in [-0.39, 0.29) is 24.2 Å². The monoisotopic (exact) mass is 505 g/mol. The van der Waals surface area contributed by atoms with Gasteiger partial charge in [0.05, 0.1) is 41.4 Å². The summed E-state index contributed by atoms with van der Waals surface area (Å²) in [4.78, 5) is 30.3. The van der Waals surface area contributed by atoms with Crippen LogP contribution in [0.4, 0.5) is 4.39 Å². The number of pyridine rings is 1. The number of hydrogen-bond acceptors (Lipinski definition) is 7. The number of rotatable bonds is 3. The Balaban J connectivity index is 1.87. The molecule has 0 radical (unpaired) electrons. The lowest BCUT2D eigenvalue weighted by Gasteiger charge is -2.35. The van der Waals surface area contributed by atoms with Crippen molar-refractivity contribution in [3.63, 3.8) is 0 Å². The number of hydrogen-bond donors (Lipinski definition) is 2. The van der Waals surface area contributed by atoms with Crippen LogP contribution in [0.15, 0.2) is 30.2 Å². The molecule has 0 saturated carbocycles. The van der Waals surface area contributed by atoms with Crippen molar-refractivity contribution < 1.29 is 33.7 Å². The number of carbonyl (C=O) groups excluding carboxylic acids is 2. The number of aliphatic hydroxyl groups excluding tert-OH is 2. The second-order valence-electron chi connectivity index (χ2n) is 11.1. The van der Waals surface area contributed by atoms with Gasteiger partial charge in [-0.05, 0) is 50.3 Å². The Labute approximate surface area is 213 Å². The lowest BCUT2D eigenvalue weighted by Crippen LogP contribution is -2.46. The van der Waals surface area contributed by atoms with Crippen LogP contribution in [0.5, 0.6) is 0 Å². The predicted molar refractivity (Wildman–Crippen MR) is 133 cm³/mol. The highest BCUT2D eigenvalue weighted by Crippen LogP contribution is 2.45. The normalized spacial score (nSPS) is 36.6. The van der Waals surface area contributed by atoms with Crippen molar-refractivity contribution in [2.24, 2.45) is 17.3 Å². The smallest absolute Gasteiger partial charge is 0.309 e. The molecule has 2 aliphatic rings. The highest BCUT2D eigenvalue weighted by molar-refractivity contribution is 5.88. The number of esters is 1. The lowest BCUT2D eigenvalue weighted by atomic mass is 9.71. The van der Waals surface area contributed by atoms with E-state index in [9.17, 15) is 19.8 Å². The van der Waals surface area contributed by atoms with Gasteiger partial charge in [0.15, 0.2) is 6.10 Å². The molecule has 7 atom stereocenters. The number of halogens is 1. The fourth-order valence-corrected chi connectivity index (χ4v) is 5.10. The molecule has 1 aromatic heterocycles. The molecule has 0 bridgehead atoms. The molecule has 1 aromatic rings. The maximum Gasteiger partial charge on any atom is 0.309 e. The standard InChI is InChI=1S/C28H40FNO6/c1-6-19-25(33)17(2)10-9-12-28(5)23(36-28)15-21(20(29)14-18-11-7-8-13-30-18)35-24(32)16-22(31)27(3,4)26(19)34/h7-8,11,13-14,17,19,21-23,25,31,33H,6,9-10,12,15-16H2,1-5H3/t17?,19?,21?,22?,23?,25?,28-/m1/s1. The van der Waals surface area contributed by atoms with Crippen LogP contribution in [0.2, 0.25) is 0 Å². The second-order valence-corrected chi connectivity index (χ2v) is 11.1. The summed E-state index contributed by atoms with van der Waals surface area (Å²) in [6.45, 7) is 8.84. The van der Waals surface area contributed by atoms with E-state index in [4.69, 9.17) is 9.47 Å². The minimum Gasteiger partial charge on any atom is -0.455 e. The zero-order chi connectivity index (χ0) is 26.7. The van der Waals surface area contributed by atoms with Crippen LogP contribution in [0.1, 0.15) is 78.8 Å². The lowest BCUT2D eigenvalue weighted by molar-refractivity contribution is -0.155. The number of aliphatic hydroxyl groups is 2. The molecule has 6 unspecified atom stereocenters. The summed E-state index contributed by atoms with van der Waals surface area (Å²) >= 11 is 0. The van der Waals surface area contributed by atoms with Crippen molar-refractivity contribution in [1.29, 1.82) is 0 Å². The van der Waals surface area contributed by atoms with E-state index in [1.54, 1.807) is 38.2 Å². The van der Waals surface area contributed by atoms with Crippen molar-refractivity contribution in [3.8, 4) is 0 Å². The van der Waals surface area contributed by atoms with Gasteiger partial charge in [-0.2, -0.15) is 0 Å². The first kappa shape index (κ1) is 28.4. The number of epoxide rings is 1. The van der Waals surface area contributed by atoms with Gasteiger partial charge >= 0.3 is 5.97 Å². The molecule has 2 N–H and O–H groups in total. The quantitative estimate of drug-likeness (QED) is 0.463. The minimum atomic E-state index is -1.35. The molecule has 2 saturated heterocycles. The second kappa shape index (κ2) is 11.5. The molecular weight excluding hydrogens is 465 g/mol. The van der Waals surface area contributed by atoms with Crippen LogP contribution in [-0.4, -0.2) is 57.0 Å². The van der Waals surface area contributed by atoms with Crippen molar-refractivity contribution in [3.05, 3.63) is 35.9 Å². The fourth-order valence-electron chi connectivity index (χ4n) is 5.10. The van der Waals surface area contributed by atoms with Gasteiger partial charge in [-0.15, -0.1) is 0 Å². The van der Waals surface area contributed by atoms with Gasteiger partial charge in [0.2, 0.25) is 0 Å². The van der Waals surface area contributed by atoms with Crippen molar-refractivity contribution in [1.82, 2.24) is 4.98 Å². The summed E-state index contributed by atoms with van der Waals surface area (Å²) in [7, 11) is 0. The Kier molecular flexibility index (Phi) is 9.06. The first-order valence-corrected chi connectivity index (χ1v) is 12.9. The van der Waals surface area contributed by atoms with Gasteiger partial charge < -0.3 is 19.7 Å². The SMILES string of the molecule is CCC1C(=O)C(C)(C)C(O)CC(=O)OC(C(F)=Cc2ccccn2)CC2O[C@]2(C)CCCC(C)C1O. The molecular formula is C28H40FNO6. The van der Waals surface area contributed by atoms with Crippen LogP contribution >= 0.6 is 0 Å². The number of Topliss-reactive ketones (excluding diaryl/α,β-unsaturated/α-hetero) is 1. The largest absolute Gasteiger partial charge is 0.455 e. The van der Waals surface area contributed by atoms with E-state index >= 15 is 4.39 Å². The summed E-state index contributed by atoms with van der Waals surface area (Å²) < 4.78 is 26.7. The molecule has 3 rings (SSSR count). The summed E-state index contributed by atoms with van der Waals surface area (Å²) in [5, 5.41) is 21.8. The summed E-state index contributed by atoms with van der Waals surface area (Å²) in [5.74, 6) is -2.56. The molecule has 2 aliphatic heterocycles. The highest BCUT2D eigenvalue weighted by Gasteiger charge is 2.53. The van der Waals surface area contributed by atoms with Gasteiger partial charge in [-0.1, -0.05) is 40.2 Å². The topological polar surface area (TPSA) is 109 Å². The number of fused-ring (bicyclic) bond motifs is 1.